The van der Waals surface area contributed by atoms with E-state index in [0.717, 1.165) is 46.8 Å². The number of fused-ring (bicyclic) bond motifs is 1. The van der Waals surface area contributed by atoms with Crippen molar-refractivity contribution in [3.8, 4) is 22.8 Å². The second kappa shape index (κ2) is 13.1. The van der Waals surface area contributed by atoms with Crippen LogP contribution in [0.5, 0.6) is 11.5 Å². The van der Waals surface area contributed by atoms with Crippen LogP contribution in [0.15, 0.2) is 43.1 Å². The molecule has 4 aromatic rings. The third kappa shape index (κ3) is 6.72. The first-order valence-electron chi connectivity index (χ1n) is 14.2. The number of hydrogen-bond donors (Lipinski definition) is 2. The summed E-state index contributed by atoms with van der Waals surface area (Å²) in [6.07, 6.45) is 2.89. The molecule has 0 saturated heterocycles. The number of benzene rings is 2. The maximum absolute atomic E-state index is 12.4. The molecule has 2 N–H and O–H groups in total. The molecule has 0 atom stereocenters. The molecule has 1 amide bonds. The van der Waals surface area contributed by atoms with Gasteiger partial charge in [0.2, 0.25) is 11.9 Å². The highest BCUT2D eigenvalue weighted by Gasteiger charge is 2.19. The molecule has 0 unspecified atom stereocenters. The van der Waals surface area contributed by atoms with Gasteiger partial charge in [0.15, 0.2) is 5.75 Å². The Morgan fingerprint density at radius 2 is 1.74 bits per heavy atom. The Kier molecular flexibility index (Phi) is 9.55. The van der Waals surface area contributed by atoms with Crippen molar-refractivity contribution in [3.05, 3.63) is 54.5 Å². The average Bonchev–Trinajstić information content (AvgIpc) is 3.32. The van der Waals surface area contributed by atoms with Crippen LogP contribution in [-0.2, 0) is 4.79 Å². The Morgan fingerprint density at radius 3 is 2.37 bits per heavy atom. The molecule has 0 aliphatic heterocycles. The molecular weight excluding hydrogens is 544 g/mol. The fraction of sp³-hybridized carbons (Fsp3) is 0.375. The van der Waals surface area contributed by atoms with Gasteiger partial charge >= 0.3 is 0 Å². The van der Waals surface area contributed by atoms with E-state index < -0.39 is 0 Å². The summed E-state index contributed by atoms with van der Waals surface area (Å²) in [4.78, 5) is 30.7. The van der Waals surface area contributed by atoms with E-state index in [1.54, 1.807) is 20.4 Å². The molecule has 0 spiro atoms. The lowest BCUT2D eigenvalue weighted by atomic mass is 10.1. The molecule has 0 bridgehead atoms. The number of likely N-dealkylation sites (N-methyl/N-ethyl adjacent to an activating group) is 2. The van der Waals surface area contributed by atoms with Gasteiger partial charge in [0, 0.05) is 37.8 Å². The van der Waals surface area contributed by atoms with E-state index in [-0.39, 0.29) is 11.9 Å². The van der Waals surface area contributed by atoms with Crippen molar-refractivity contribution in [3.63, 3.8) is 0 Å². The highest BCUT2D eigenvalue weighted by Crippen LogP contribution is 2.39. The second-order valence-corrected chi connectivity index (χ2v) is 11.0. The highest BCUT2D eigenvalue weighted by molar-refractivity contribution is 6.02. The van der Waals surface area contributed by atoms with Gasteiger partial charge < -0.3 is 34.5 Å². The number of nitrogens with zero attached hydrogens (tertiary/aromatic N) is 6. The number of aryl methyl sites for hydroxylation is 2. The second-order valence-electron chi connectivity index (χ2n) is 11.0. The fourth-order valence-electron chi connectivity index (χ4n) is 5.08. The molecule has 2 aromatic heterocycles. The van der Waals surface area contributed by atoms with Crippen LogP contribution >= 0.6 is 0 Å². The van der Waals surface area contributed by atoms with Crippen molar-refractivity contribution in [2.45, 2.75) is 33.7 Å². The first-order valence-corrected chi connectivity index (χ1v) is 14.2. The van der Waals surface area contributed by atoms with Gasteiger partial charge in [-0.15, -0.1) is 0 Å². The third-order valence-corrected chi connectivity index (χ3v) is 7.23. The number of imidazole rings is 1. The average molecular weight is 587 g/mol. The van der Waals surface area contributed by atoms with Crippen LogP contribution in [0, 0.1) is 13.8 Å². The van der Waals surface area contributed by atoms with Crippen LogP contribution in [0.2, 0.25) is 0 Å². The lowest BCUT2D eigenvalue weighted by molar-refractivity contribution is -0.111. The summed E-state index contributed by atoms with van der Waals surface area (Å²) in [5.41, 5.74) is 6.56. The van der Waals surface area contributed by atoms with Gasteiger partial charge in [0.05, 0.1) is 48.5 Å². The summed E-state index contributed by atoms with van der Waals surface area (Å²) < 4.78 is 13.7. The monoisotopic (exact) mass is 586 g/mol. The first-order chi connectivity index (χ1) is 20.5. The topological polar surface area (TPSA) is 110 Å². The van der Waals surface area contributed by atoms with E-state index in [1.165, 1.54) is 6.08 Å². The van der Waals surface area contributed by atoms with Crippen molar-refractivity contribution in [2.75, 3.05) is 64.0 Å². The fourth-order valence-corrected chi connectivity index (χ4v) is 5.08. The smallest absolute Gasteiger partial charge is 0.247 e. The van der Waals surface area contributed by atoms with Crippen LogP contribution in [0.25, 0.3) is 22.3 Å². The van der Waals surface area contributed by atoms with E-state index >= 15 is 0 Å². The summed E-state index contributed by atoms with van der Waals surface area (Å²) in [5, 5.41) is 6.22. The van der Waals surface area contributed by atoms with E-state index in [1.807, 2.05) is 40.2 Å². The van der Waals surface area contributed by atoms with Gasteiger partial charge in [-0.2, -0.15) is 0 Å². The summed E-state index contributed by atoms with van der Waals surface area (Å²) in [6, 6.07) is 8.11. The molecule has 0 radical (unpaired) electrons. The van der Waals surface area contributed by atoms with Gasteiger partial charge in [-0.3, -0.25) is 4.79 Å². The van der Waals surface area contributed by atoms with E-state index in [0.29, 0.717) is 34.5 Å². The Morgan fingerprint density at radius 1 is 1.02 bits per heavy atom. The SMILES string of the molecule is C=CC(=O)Nc1cc(Nc2ncc(OC)c(-c3cc(C)c4nc(C)n(C(C)C)c4c3)n2)c(OC)cc1N(C)CCN(C)C. The minimum absolute atomic E-state index is 0.248. The lowest BCUT2D eigenvalue weighted by Gasteiger charge is -2.26. The first kappa shape index (κ1) is 31.3. The summed E-state index contributed by atoms with van der Waals surface area (Å²) in [7, 11) is 9.21. The maximum Gasteiger partial charge on any atom is 0.247 e. The molecule has 0 aliphatic rings. The Balaban J connectivity index is 1.79. The highest BCUT2D eigenvalue weighted by atomic mass is 16.5. The number of carbonyl (C=O) groups excluding carboxylic acids is 1. The normalized spacial score (nSPS) is 11.2. The maximum atomic E-state index is 12.4. The predicted octanol–water partition coefficient (Wildman–Crippen LogP) is 5.57. The zero-order valence-corrected chi connectivity index (χ0v) is 26.6. The molecule has 11 heteroatoms. The molecule has 2 aromatic carbocycles. The molecule has 0 aliphatic carbocycles. The molecule has 2 heterocycles. The largest absolute Gasteiger partial charge is 0.494 e. The number of aromatic nitrogens is 4. The molecule has 11 nitrogen and oxygen atoms in total. The standard InChI is InChI=1S/C32H42N8O3/c1-11-29(41)35-23-16-24(27(42-9)17-25(23)39(8)13-12-38(6)7)36-32-33-18-28(43-10)31(37-32)22-14-20(4)30-26(15-22)40(19(2)3)21(5)34-30/h11,14-19H,1,12-13H2,2-10H3,(H,35,41)(H,33,36,37). The number of hydrogen-bond acceptors (Lipinski definition) is 9. The number of amides is 1. The zero-order valence-electron chi connectivity index (χ0n) is 26.6. The van der Waals surface area contributed by atoms with Crippen molar-refractivity contribution in [1.82, 2.24) is 24.4 Å². The van der Waals surface area contributed by atoms with E-state index in [4.69, 9.17) is 19.4 Å². The Bertz CT molecular complexity index is 1640. The summed E-state index contributed by atoms with van der Waals surface area (Å²) >= 11 is 0. The Hall–Kier alpha value is -4.64. The number of anilines is 4. The number of methoxy groups -OCH3 is 2. The quantitative estimate of drug-likeness (QED) is 0.206. The zero-order chi connectivity index (χ0) is 31.4. The molecule has 0 saturated carbocycles. The summed E-state index contributed by atoms with van der Waals surface area (Å²) in [5.74, 6) is 2.10. The molecule has 0 fully saturated rings. The van der Waals surface area contributed by atoms with E-state index in [9.17, 15) is 4.79 Å². The van der Waals surface area contributed by atoms with Crippen LogP contribution in [0.1, 0.15) is 31.3 Å². The van der Waals surface area contributed by atoms with Crippen LogP contribution < -0.4 is 25.0 Å². The number of carbonyl (C=O) groups is 1. The predicted molar refractivity (Wildman–Crippen MR) is 174 cm³/mol. The lowest BCUT2D eigenvalue weighted by Crippen LogP contribution is -2.29. The van der Waals surface area contributed by atoms with Crippen molar-refractivity contribution in [1.29, 1.82) is 0 Å². The molecule has 4 rings (SSSR count). The minimum Gasteiger partial charge on any atom is -0.494 e. The van der Waals surface area contributed by atoms with Crippen molar-refractivity contribution < 1.29 is 14.3 Å². The van der Waals surface area contributed by atoms with Gasteiger partial charge in [0.1, 0.15) is 17.3 Å². The van der Waals surface area contributed by atoms with Crippen LogP contribution in [0.4, 0.5) is 23.0 Å². The number of ether oxygens (including phenoxy) is 2. The molecule has 228 valence electrons. The third-order valence-electron chi connectivity index (χ3n) is 7.23. The minimum atomic E-state index is -0.317. The molecule has 43 heavy (non-hydrogen) atoms. The van der Waals surface area contributed by atoms with Crippen molar-refractivity contribution >= 4 is 40.0 Å². The number of rotatable bonds is 12. The molecular formula is C32H42N8O3. The van der Waals surface area contributed by atoms with Gasteiger partial charge in [0.25, 0.3) is 0 Å². The van der Waals surface area contributed by atoms with Crippen LogP contribution in [0.3, 0.4) is 0 Å². The Labute approximate surface area is 253 Å². The van der Waals surface area contributed by atoms with Gasteiger partial charge in [-0.1, -0.05) is 6.58 Å². The van der Waals surface area contributed by atoms with E-state index in [2.05, 4.69) is 69.5 Å². The van der Waals surface area contributed by atoms with Gasteiger partial charge in [-0.05, 0) is 71.6 Å². The van der Waals surface area contributed by atoms with Gasteiger partial charge in [-0.25, -0.2) is 15.0 Å². The van der Waals surface area contributed by atoms with Crippen molar-refractivity contribution in [2.24, 2.45) is 0 Å². The number of nitrogens with one attached hydrogen (secondary N) is 2. The summed E-state index contributed by atoms with van der Waals surface area (Å²) in [6.45, 7) is 13.5. The van der Waals surface area contributed by atoms with Crippen LogP contribution in [-0.4, -0.2) is 78.8 Å².